The van der Waals surface area contributed by atoms with E-state index in [9.17, 15) is 0 Å². The lowest BCUT2D eigenvalue weighted by molar-refractivity contribution is 0.0835. The van der Waals surface area contributed by atoms with Crippen molar-refractivity contribution in [2.45, 2.75) is 77.2 Å². The molecule has 1 aliphatic rings. The molecule has 0 amide bonds. The third-order valence-electron chi connectivity index (χ3n) is 4.13. The molecule has 0 unspecified atom stereocenters. The highest BCUT2D eigenvalue weighted by molar-refractivity contribution is 4.94. The summed E-state index contributed by atoms with van der Waals surface area (Å²) in [4.78, 5) is 4.48. The molecule has 0 bridgehead atoms. The predicted molar refractivity (Wildman–Crippen MR) is 80.8 cm³/mol. The van der Waals surface area contributed by atoms with E-state index in [-0.39, 0.29) is 0 Å². The maximum absolute atomic E-state index is 5.39. The van der Waals surface area contributed by atoms with Gasteiger partial charge in [0.15, 0.2) is 5.82 Å². The molecule has 1 saturated heterocycles. The molecule has 4 nitrogen and oxygen atoms in total. The maximum atomic E-state index is 5.39. The first-order chi connectivity index (χ1) is 9.90. The van der Waals surface area contributed by atoms with Crippen LogP contribution in [0.2, 0.25) is 0 Å². The van der Waals surface area contributed by atoms with E-state index < -0.39 is 0 Å². The fourth-order valence-corrected chi connectivity index (χ4v) is 2.79. The van der Waals surface area contributed by atoms with Crippen LogP contribution in [-0.2, 0) is 11.3 Å². The Balaban J connectivity index is 1.60. The van der Waals surface area contributed by atoms with Gasteiger partial charge >= 0.3 is 0 Å². The Morgan fingerprint density at radius 1 is 1.10 bits per heavy atom. The predicted octanol–water partition coefficient (Wildman–Crippen LogP) is 3.92. The Labute approximate surface area is 122 Å². The van der Waals surface area contributed by atoms with Crippen LogP contribution in [-0.4, -0.2) is 28.0 Å². The molecule has 114 valence electrons. The van der Waals surface area contributed by atoms with Crippen LogP contribution in [0.15, 0.2) is 6.33 Å². The summed E-state index contributed by atoms with van der Waals surface area (Å²) in [6.07, 6.45) is 13.4. The van der Waals surface area contributed by atoms with Crippen molar-refractivity contribution in [3.63, 3.8) is 0 Å². The van der Waals surface area contributed by atoms with Gasteiger partial charge in [-0.1, -0.05) is 45.4 Å². The van der Waals surface area contributed by atoms with E-state index in [1.165, 1.54) is 44.9 Å². The van der Waals surface area contributed by atoms with E-state index in [4.69, 9.17) is 4.74 Å². The van der Waals surface area contributed by atoms with Crippen LogP contribution in [0, 0.1) is 0 Å². The SMILES string of the molecule is CCCCCCCCCn1cnc(C2CCOCC2)n1. The number of ether oxygens (including phenoxy) is 1. The largest absolute Gasteiger partial charge is 0.381 e. The van der Waals surface area contributed by atoms with Crippen molar-refractivity contribution in [1.82, 2.24) is 14.8 Å². The van der Waals surface area contributed by atoms with Gasteiger partial charge in [-0.2, -0.15) is 5.10 Å². The Kier molecular flexibility index (Phi) is 7.06. The van der Waals surface area contributed by atoms with Crippen LogP contribution in [0.5, 0.6) is 0 Å². The molecule has 2 heterocycles. The van der Waals surface area contributed by atoms with Gasteiger partial charge in [0.1, 0.15) is 6.33 Å². The lowest BCUT2D eigenvalue weighted by atomic mass is 10.00. The molecule has 0 spiro atoms. The van der Waals surface area contributed by atoms with Gasteiger partial charge in [-0.25, -0.2) is 4.98 Å². The van der Waals surface area contributed by atoms with Crippen molar-refractivity contribution in [2.75, 3.05) is 13.2 Å². The standard InChI is InChI=1S/C16H29N3O/c1-2-3-4-5-6-7-8-11-19-14-17-16(18-19)15-9-12-20-13-10-15/h14-15H,2-13H2,1H3. The highest BCUT2D eigenvalue weighted by atomic mass is 16.5. The Morgan fingerprint density at radius 2 is 1.80 bits per heavy atom. The molecule has 0 radical (unpaired) electrons. The van der Waals surface area contributed by atoms with Crippen molar-refractivity contribution in [3.05, 3.63) is 12.2 Å². The number of hydrogen-bond donors (Lipinski definition) is 0. The number of aryl methyl sites for hydroxylation is 1. The van der Waals surface area contributed by atoms with Gasteiger partial charge in [0, 0.05) is 25.7 Å². The van der Waals surface area contributed by atoms with Crippen molar-refractivity contribution < 1.29 is 4.74 Å². The second kappa shape index (κ2) is 9.11. The van der Waals surface area contributed by atoms with Gasteiger partial charge in [0.25, 0.3) is 0 Å². The minimum Gasteiger partial charge on any atom is -0.381 e. The second-order valence-electron chi connectivity index (χ2n) is 5.87. The zero-order chi connectivity index (χ0) is 14.0. The van der Waals surface area contributed by atoms with Gasteiger partial charge < -0.3 is 4.74 Å². The van der Waals surface area contributed by atoms with Gasteiger partial charge in [-0.3, -0.25) is 4.68 Å². The van der Waals surface area contributed by atoms with Crippen LogP contribution in [0.4, 0.5) is 0 Å². The number of hydrogen-bond acceptors (Lipinski definition) is 3. The lowest BCUT2D eigenvalue weighted by Crippen LogP contribution is -2.15. The molecule has 20 heavy (non-hydrogen) atoms. The molecule has 1 aromatic heterocycles. The molecular weight excluding hydrogens is 250 g/mol. The average Bonchev–Trinajstić information content (AvgIpc) is 2.96. The summed E-state index contributed by atoms with van der Waals surface area (Å²) in [5, 5.41) is 4.63. The highest BCUT2D eigenvalue weighted by Gasteiger charge is 2.19. The van der Waals surface area contributed by atoms with Gasteiger partial charge in [-0.05, 0) is 19.3 Å². The van der Waals surface area contributed by atoms with Gasteiger partial charge in [0.05, 0.1) is 0 Å². The third kappa shape index (κ3) is 5.23. The average molecular weight is 279 g/mol. The second-order valence-corrected chi connectivity index (χ2v) is 5.87. The summed E-state index contributed by atoms with van der Waals surface area (Å²) in [7, 11) is 0. The number of unbranched alkanes of at least 4 members (excludes halogenated alkanes) is 6. The van der Waals surface area contributed by atoms with Gasteiger partial charge in [0.2, 0.25) is 0 Å². The van der Waals surface area contributed by atoms with Crippen LogP contribution in [0.25, 0.3) is 0 Å². The minimum atomic E-state index is 0.513. The van der Waals surface area contributed by atoms with E-state index >= 15 is 0 Å². The van der Waals surface area contributed by atoms with Crippen LogP contribution < -0.4 is 0 Å². The smallest absolute Gasteiger partial charge is 0.153 e. The van der Waals surface area contributed by atoms with Crippen molar-refractivity contribution >= 4 is 0 Å². The van der Waals surface area contributed by atoms with Crippen molar-refractivity contribution in [2.24, 2.45) is 0 Å². The first-order valence-electron chi connectivity index (χ1n) is 8.37. The Hall–Kier alpha value is -0.900. The van der Waals surface area contributed by atoms with Crippen molar-refractivity contribution in [1.29, 1.82) is 0 Å². The molecule has 0 N–H and O–H groups in total. The summed E-state index contributed by atoms with van der Waals surface area (Å²) >= 11 is 0. The Morgan fingerprint density at radius 3 is 2.55 bits per heavy atom. The highest BCUT2D eigenvalue weighted by Crippen LogP contribution is 2.23. The topological polar surface area (TPSA) is 39.9 Å². The van der Waals surface area contributed by atoms with Crippen LogP contribution in [0.1, 0.15) is 76.5 Å². The summed E-state index contributed by atoms with van der Waals surface area (Å²) in [5.41, 5.74) is 0. The molecule has 2 rings (SSSR count). The van der Waals surface area contributed by atoms with E-state index in [0.29, 0.717) is 5.92 Å². The van der Waals surface area contributed by atoms with E-state index in [1.807, 2.05) is 11.0 Å². The van der Waals surface area contributed by atoms with Crippen LogP contribution >= 0.6 is 0 Å². The quantitative estimate of drug-likeness (QED) is 0.643. The number of aromatic nitrogens is 3. The minimum absolute atomic E-state index is 0.513. The maximum Gasteiger partial charge on any atom is 0.153 e. The molecule has 1 fully saturated rings. The summed E-state index contributed by atoms with van der Waals surface area (Å²) in [6, 6.07) is 0. The first-order valence-corrected chi connectivity index (χ1v) is 8.37. The van der Waals surface area contributed by atoms with E-state index in [2.05, 4.69) is 17.0 Å². The molecule has 0 aromatic carbocycles. The summed E-state index contributed by atoms with van der Waals surface area (Å²) < 4.78 is 7.41. The number of rotatable bonds is 9. The molecule has 4 heteroatoms. The molecule has 0 atom stereocenters. The third-order valence-corrected chi connectivity index (χ3v) is 4.13. The van der Waals surface area contributed by atoms with Gasteiger partial charge in [-0.15, -0.1) is 0 Å². The molecule has 1 aliphatic heterocycles. The van der Waals surface area contributed by atoms with Crippen LogP contribution in [0.3, 0.4) is 0 Å². The molecular formula is C16H29N3O. The normalized spacial score (nSPS) is 16.6. The zero-order valence-electron chi connectivity index (χ0n) is 12.9. The summed E-state index contributed by atoms with van der Waals surface area (Å²) in [6.45, 7) is 5.00. The lowest BCUT2D eigenvalue weighted by Gasteiger charge is -2.18. The first kappa shape index (κ1) is 15.5. The summed E-state index contributed by atoms with van der Waals surface area (Å²) in [5.74, 6) is 1.54. The molecule has 1 aromatic rings. The van der Waals surface area contributed by atoms with Crippen molar-refractivity contribution in [3.8, 4) is 0 Å². The molecule has 0 saturated carbocycles. The molecule has 0 aliphatic carbocycles. The fraction of sp³-hybridized carbons (Fsp3) is 0.875. The zero-order valence-corrected chi connectivity index (χ0v) is 12.9. The number of nitrogens with zero attached hydrogens (tertiary/aromatic N) is 3. The monoisotopic (exact) mass is 279 g/mol. The van der Waals surface area contributed by atoms with E-state index in [1.54, 1.807) is 0 Å². The fourth-order valence-electron chi connectivity index (χ4n) is 2.79. The van der Waals surface area contributed by atoms with E-state index in [0.717, 1.165) is 38.4 Å². The Bertz CT molecular complexity index is 358.